The van der Waals surface area contributed by atoms with Crippen molar-refractivity contribution in [2.24, 2.45) is 0 Å². The van der Waals surface area contributed by atoms with Crippen LogP contribution in [-0.2, 0) is 4.79 Å². The van der Waals surface area contributed by atoms with Gasteiger partial charge in [0.2, 0.25) is 0 Å². The van der Waals surface area contributed by atoms with Gasteiger partial charge in [0.05, 0.1) is 11.7 Å². The van der Waals surface area contributed by atoms with Crippen LogP contribution in [0.15, 0.2) is 24.8 Å². The van der Waals surface area contributed by atoms with Gasteiger partial charge in [-0.1, -0.05) is 12.7 Å². The molecule has 0 amide bonds. The summed E-state index contributed by atoms with van der Waals surface area (Å²) in [5.74, 6) is -1.17. The fraction of sp³-hybridized carbons (Fsp3) is 0.286. The highest BCUT2D eigenvalue weighted by Crippen LogP contribution is 2.03. The van der Waals surface area contributed by atoms with E-state index in [0.29, 0.717) is 0 Å². The Bertz CT molecular complexity index is 160. The first-order chi connectivity index (χ1) is 4.59. The van der Waals surface area contributed by atoms with Gasteiger partial charge in [-0.05, 0) is 6.42 Å². The van der Waals surface area contributed by atoms with E-state index in [2.05, 4.69) is 13.2 Å². The van der Waals surface area contributed by atoms with Gasteiger partial charge in [0.15, 0.2) is 0 Å². The van der Waals surface area contributed by atoms with Gasteiger partial charge in [0.1, 0.15) is 0 Å². The van der Waals surface area contributed by atoms with Crippen molar-refractivity contribution >= 4 is 5.97 Å². The monoisotopic (exact) mass is 142 g/mol. The van der Waals surface area contributed by atoms with Crippen molar-refractivity contribution in [2.75, 3.05) is 0 Å². The lowest BCUT2D eigenvalue weighted by Gasteiger charge is -2.05. The largest absolute Gasteiger partial charge is 0.478 e. The molecule has 56 valence electrons. The van der Waals surface area contributed by atoms with Crippen LogP contribution in [0.3, 0.4) is 0 Å². The summed E-state index contributed by atoms with van der Waals surface area (Å²) >= 11 is 0. The standard InChI is InChI=1S/C7H10O3/c1-3-4-6(8)5(2)7(9)10/h3,6,8H,1-2,4H2,(H,9,10). The average molecular weight is 142 g/mol. The molecule has 0 bridgehead atoms. The molecule has 0 aliphatic carbocycles. The summed E-state index contributed by atoms with van der Waals surface area (Å²) in [6, 6.07) is 0. The lowest BCUT2D eigenvalue weighted by atomic mass is 10.1. The topological polar surface area (TPSA) is 57.5 Å². The zero-order valence-corrected chi connectivity index (χ0v) is 5.58. The van der Waals surface area contributed by atoms with Crippen molar-refractivity contribution in [3.63, 3.8) is 0 Å². The summed E-state index contributed by atoms with van der Waals surface area (Å²) in [6.45, 7) is 6.52. The van der Waals surface area contributed by atoms with Gasteiger partial charge >= 0.3 is 5.97 Å². The Morgan fingerprint density at radius 3 is 2.50 bits per heavy atom. The Balaban J connectivity index is 3.94. The predicted molar refractivity (Wildman–Crippen MR) is 37.6 cm³/mol. The van der Waals surface area contributed by atoms with Gasteiger partial charge in [0.25, 0.3) is 0 Å². The van der Waals surface area contributed by atoms with Crippen LogP contribution in [0.5, 0.6) is 0 Å². The van der Waals surface area contributed by atoms with Gasteiger partial charge in [-0.3, -0.25) is 0 Å². The number of aliphatic carboxylic acids is 1. The van der Waals surface area contributed by atoms with Gasteiger partial charge < -0.3 is 10.2 Å². The first-order valence-corrected chi connectivity index (χ1v) is 2.80. The van der Waals surface area contributed by atoms with Crippen LogP contribution in [0.4, 0.5) is 0 Å². The third-order valence-electron chi connectivity index (χ3n) is 1.07. The highest BCUT2D eigenvalue weighted by atomic mass is 16.4. The van der Waals surface area contributed by atoms with E-state index in [1.807, 2.05) is 0 Å². The Kier molecular flexibility index (Phi) is 3.43. The van der Waals surface area contributed by atoms with Crippen molar-refractivity contribution in [3.8, 4) is 0 Å². The molecule has 0 saturated carbocycles. The highest BCUT2D eigenvalue weighted by Gasteiger charge is 2.12. The fourth-order valence-electron chi connectivity index (χ4n) is 0.443. The van der Waals surface area contributed by atoms with Crippen LogP contribution in [0.1, 0.15) is 6.42 Å². The van der Waals surface area contributed by atoms with E-state index in [4.69, 9.17) is 10.2 Å². The van der Waals surface area contributed by atoms with Crippen molar-refractivity contribution < 1.29 is 15.0 Å². The van der Waals surface area contributed by atoms with Gasteiger partial charge in [-0.25, -0.2) is 4.79 Å². The molecule has 0 aliphatic heterocycles. The number of aliphatic hydroxyl groups is 1. The maximum absolute atomic E-state index is 10.1. The first-order valence-electron chi connectivity index (χ1n) is 2.80. The molecule has 1 unspecified atom stereocenters. The molecule has 10 heavy (non-hydrogen) atoms. The number of carboxylic acids is 1. The maximum atomic E-state index is 10.1. The Morgan fingerprint density at radius 2 is 2.20 bits per heavy atom. The number of aliphatic hydroxyl groups excluding tert-OH is 1. The van der Waals surface area contributed by atoms with Crippen LogP contribution in [-0.4, -0.2) is 22.3 Å². The van der Waals surface area contributed by atoms with E-state index in [1.54, 1.807) is 0 Å². The van der Waals surface area contributed by atoms with Gasteiger partial charge in [-0.2, -0.15) is 0 Å². The van der Waals surface area contributed by atoms with Gasteiger partial charge in [0, 0.05) is 0 Å². The molecule has 0 heterocycles. The Morgan fingerprint density at radius 1 is 1.70 bits per heavy atom. The molecule has 0 radical (unpaired) electrons. The molecular weight excluding hydrogens is 132 g/mol. The number of hydrogen-bond acceptors (Lipinski definition) is 2. The molecule has 3 nitrogen and oxygen atoms in total. The van der Waals surface area contributed by atoms with E-state index in [-0.39, 0.29) is 12.0 Å². The highest BCUT2D eigenvalue weighted by molar-refractivity contribution is 5.86. The SMILES string of the molecule is C=CCC(O)C(=C)C(=O)O. The first kappa shape index (κ1) is 8.91. The molecule has 0 fully saturated rings. The molecule has 0 aromatic heterocycles. The molecule has 3 heteroatoms. The van der Waals surface area contributed by atoms with Crippen LogP contribution in [0, 0.1) is 0 Å². The molecule has 0 aromatic carbocycles. The molecule has 0 spiro atoms. The van der Waals surface area contributed by atoms with E-state index in [0.717, 1.165) is 0 Å². The van der Waals surface area contributed by atoms with Crippen LogP contribution >= 0.6 is 0 Å². The molecular formula is C7H10O3. The van der Waals surface area contributed by atoms with Gasteiger partial charge in [-0.15, -0.1) is 6.58 Å². The number of rotatable bonds is 4. The third kappa shape index (κ3) is 2.46. The van der Waals surface area contributed by atoms with E-state index in [1.165, 1.54) is 6.08 Å². The van der Waals surface area contributed by atoms with Crippen molar-refractivity contribution in [1.82, 2.24) is 0 Å². The van der Waals surface area contributed by atoms with Crippen molar-refractivity contribution in [3.05, 3.63) is 24.8 Å². The second-order valence-corrected chi connectivity index (χ2v) is 1.87. The Labute approximate surface area is 59.3 Å². The normalized spacial score (nSPS) is 12.1. The number of carbonyl (C=O) groups is 1. The smallest absolute Gasteiger partial charge is 0.333 e. The van der Waals surface area contributed by atoms with E-state index >= 15 is 0 Å². The minimum atomic E-state index is -1.17. The lowest BCUT2D eigenvalue weighted by Crippen LogP contribution is -2.15. The lowest BCUT2D eigenvalue weighted by molar-refractivity contribution is -0.133. The van der Waals surface area contributed by atoms with E-state index in [9.17, 15) is 4.79 Å². The fourth-order valence-corrected chi connectivity index (χ4v) is 0.443. The third-order valence-corrected chi connectivity index (χ3v) is 1.07. The minimum Gasteiger partial charge on any atom is -0.478 e. The molecule has 0 rings (SSSR count). The Hall–Kier alpha value is -1.09. The number of hydrogen-bond donors (Lipinski definition) is 2. The summed E-state index contributed by atoms with van der Waals surface area (Å²) in [7, 11) is 0. The van der Waals surface area contributed by atoms with Crippen LogP contribution in [0.2, 0.25) is 0 Å². The zero-order valence-electron chi connectivity index (χ0n) is 5.58. The number of carboxylic acid groups (broad SMARTS) is 1. The summed E-state index contributed by atoms with van der Waals surface area (Å²) < 4.78 is 0. The molecule has 2 N–H and O–H groups in total. The molecule has 0 saturated heterocycles. The predicted octanol–water partition coefficient (Wildman–Crippen LogP) is 0.564. The zero-order chi connectivity index (χ0) is 8.15. The molecule has 0 aliphatic rings. The summed E-state index contributed by atoms with van der Waals surface area (Å²) in [5.41, 5.74) is -0.195. The van der Waals surface area contributed by atoms with Crippen molar-refractivity contribution in [1.29, 1.82) is 0 Å². The average Bonchev–Trinajstić information content (AvgIpc) is 1.87. The summed E-state index contributed by atoms with van der Waals surface area (Å²) in [4.78, 5) is 10.1. The second kappa shape index (κ2) is 3.85. The van der Waals surface area contributed by atoms with Crippen LogP contribution < -0.4 is 0 Å². The molecule has 0 aromatic rings. The van der Waals surface area contributed by atoms with Crippen LogP contribution in [0.25, 0.3) is 0 Å². The minimum absolute atomic E-state index is 0.195. The van der Waals surface area contributed by atoms with E-state index < -0.39 is 12.1 Å². The maximum Gasteiger partial charge on any atom is 0.333 e. The quantitative estimate of drug-likeness (QED) is 0.445. The van der Waals surface area contributed by atoms with Crippen molar-refractivity contribution in [2.45, 2.75) is 12.5 Å². The second-order valence-electron chi connectivity index (χ2n) is 1.87. The summed E-state index contributed by atoms with van der Waals surface area (Å²) in [5, 5.41) is 17.2. The summed E-state index contributed by atoms with van der Waals surface area (Å²) in [6.07, 6.45) is 0.666. The molecule has 1 atom stereocenters.